The molecule has 1 atom stereocenters. The summed E-state index contributed by atoms with van der Waals surface area (Å²) in [6.07, 6.45) is 3.46. The van der Waals surface area contributed by atoms with Crippen molar-refractivity contribution in [3.8, 4) is 0 Å². The van der Waals surface area contributed by atoms with E-state index in [4.69, 9.17) is 0 Å². The highest BCUT2D eigenvalue weighted by molar-refractivity contribution is 7.80. The lowest BCUT2D eigenvalue weighted by Crippen LogP contribution is -2.29. The van der Waals surface area contributed by atoms with Gasteiger partial charge in [-0.05, 0) is 24.0 Å². The van der Waals surface area contributed by atoms with E-state index in [2.05, 4.69) is 30.1 Å². The number of aliphatic carboxylic acids is 1. The van der Waals surface area contributed by atoms with Crippen molar-refractivity contribution in [2.75, 3.05) is 5.75 Å². The number of rotatable bonds is 9. The summed E-state index contributed by atoms with van der Waals surface area (Å²) in [6, 6.07) is 7.82. The molecule has 0 aromatic heterocycles. The number of aryl methyl sites for hydroxylation is 1. The van der Waals surface area contributed by atoms with Crippen molar-refractivity contribution in [3.63, 3.8) is 0 Å². The third-order valence-corrected chi connectivity index (χ3v) is 4.03. The maximum Gasteiger partial charge on any atom is 0.352 e. The lowest BCUT2D eigenvalue weighted by Gasteiger charge is -2.07. The van der Waals surface area contributed by atoms with Gasteiger partial charge >= 0.3 is 5.97 Å². The average molecular weight is 336 g/mol. The highest BCUT2D eigenvalue weighted by atomic mass is 32.1. The van der Waals surface area contributed by atoms with Crippen molar-refractivity contribution in [3.05, 3.63) is 35.4 Å². The van der Waals surface area contributed by atoms with Crippen LogP contribution in [0, 0.1) is 5.92 Å². The zero-order valence-electron chi connectivity index (χ0n) is 13.6. The van der Waals surface area contributed by atoms with E-state index in [1.807, 2.05) is 24.3 Å². The van der Waals surface area contributed by atoms with Crippen LogP contribution in [0.15, 0.2) is 29.4 Å². The van der Waals surface area contributed by atoms with E-state index in [1.165, 1.54) is 5.56 Å². The molecular formula is C17H24N2O3S. The molecule has 1 aromatic rings. The quantitative estimate of drug-likeness (QED) is 0.368. The van der Waals surface area contributed by atoms with Gasteiger partial charge in [-0.2, -0.15) is 17.7 Å². The third-order valence-electron chi connectivity index (χ3n) is 3.48. The van der Waals surface area contributed by atoms with Crippen LogP contribution >= 0.6 is 12.6 Å². The van der Waals surface area contributed by atoms with Gasteiger partial charge in [0.1, 0.15) is 5.71 Å². The van der Waals surface area contributed by atoms with Crippen molar-refractivity contribution in [2.24, 2.45) is 11.0 Å². The first kappa shape index (κ1) is 19.2. The summed E-state index contributed by atoms with van der Waals surface area (Å²) in [7, 11) is 0. The van der Waals surface area contributed by atoms with Crippen molar-refractivity contribution in [1.29, 1.82) is 0 Å². The highest BCUT2D eigenvalue weighted by Crippen LogP contribution is 2.09. The topological polar surface area (TPSA) is 78.8 Å². The van der Waals surface area contributed by atoms with Gasteiger partial charge in [-0.1, -0.05) is 44.5 Å². The smallest absolute Gasteiger partial charge is 0.352 e. The van der Waals surface area contributed by atoms with Crippen LogP contribution in [0.4, 0.5) is 0 Å². The fraction of sp³-hybridized carbons (Fsp3) is 0.471. The minimum atomic E-state index is -1.14. The van der Waals surface area contributed by atoms with Crippen molar-refractivity contribution >= 4 is 30.2 Å². The van der Waals surface area contributed by atoms with E-state index in [0.29, 0.717) is 5.75 Å². The fourth-order valence-electron chi connectivity index (χ4n) is 1.88. The predicted molar refractivity (Wildman–Crippen MR) is 95.0 cm³/mol. The summed E-state index contributed by atoms with van der Waals surface area (Å²) in [6.45, 7) is 3.85. The van der Waals surface area contributed by atoms with E-state index >= 15 is 0 Å². The highest BCUT2D eigenvalue weighted by Gasteiger charge is 2.14. The standard InChI is InChI=1S/C17H24N2O3S/c1-3-4-5-13-6-8-14(9-7-13)10-15(17(21)22)18-19-16(20)12(2)11-23/h6-9,12,23H,3-5,10-11H2,1-2H3,(H,19,20)(H,21,22). The van der Waals surface area contributed by atoms with Crippen LogP contribution in [-0.4, -0.2) is 28.4 Å². The summed E-state index contributed by atoms with van der Waals surface area (Å²) in [4.78, 5) is 22.9. The zero-order chi connectivity index (χ0) is 17.2. The lowest BCUT2D eigenvalue weighted by molar-refractivity contribution is -0.129. The monoisotopic (exact) mass is 336 g/mol. The maximum atomic E-state index is 11.6. The third kappa shape index (κ3) is 6.86. The number of nitrogens with zero attached hydrogens (tertiary/aromatic N) is 1. The van der Waals surface area contributed by atoms with Gasteiger partial charge in [0.05, 0.1) is 0 Å². The molecule has 126 valence electrons. The summed E-state index contributed by atoms with van der Waals surface area (Å²) < 4.78 is 0. The van der Waals surface area contributed by atoms with Gasteiger partial charge in [0.25, 0.3) is 0 Å². The Labute approximate surface area is 142 Å². The first-order valence-electron chi connectivity index (χ1n) is 7.76. The molecule has 1 amide bonds. The van der Waals surface area contributed by atoms with Gasteiger partial charge < -0.3 is 5.11 Å². The molecule has 5 nitrogen and oxygen atoms in total. The Hall–Kier alpha value is -1.82. The van der Waals surface area contributed by atoms with E-state index in [-0.39, 0.29) is 24.0 Å². The fourth-order valence-corrected chi connectivity index (χ4v) is 2.04. The van der Waals surface area contributed by atoms with Crippen molar-refractivity contribution in [1.82, 2.24) is 5.43 Å². The first-order valence-corrected chi connectivity index (χ1v) is 8.39. The Morgan fingerprint density at radius 3 is 2.39 bits per heavy atom. The normalized spacial score (nSPS) is 12.7. The second-order valence-electron chi connectivity index (χ2n) is 5.52. The van der Waals surface area contributed by atoms with E-state index in [0.717, 1.165) is 24.8 Å². The molecule has 0 aliphatic heterocycles. The number of hydrogen-bond donors (Lipinski definition) is 3. The van der Waals surface area contributed by atoms with Gasteiger partial charge in [0, 0.05) is 18.1 Å². The van der Waals surface area contributed by atoms with Gasteiger partial charge in [-0.15, -0.1) is 0 Å². The molecule has 1 unspecified atom stereocenters. The summed E-state index contributed by atoms with van der Waals surface area (Å²) in [5.41, 5.74) is 4.29. The second-order valence-corrected chi connectivity index (χ2v) is 5.89. The SMILES string of the molecule is CCCCc1ccc(CC(=NNC(=O)C(C)CS)C(=O)O)cc1. The molecule has 1 rings (SSSR count). The number of benzene rings is 1. The van der Waals surface area contributed by atoms with Crippen LogP contribution in [-0.2, 0) is 22.4 Å². The molecule has 2 N–H and O–H groups in total. The molecular weight excluding hydrogens is 312 g/mol. The summed E-state index contributed by atoms with van der Waals surface area (Å²) >= 11 is 4.03. The van der Waals surface area contributed by atoms with Crippen LogP contribution in [0.1, 0.15) is 37.8 Å². The van der Waals surface area contributed by atoms with Gasteiger partial charge in [0.15, 0.2) is 0 Å². The number of carbonyl (C=O) groups excluding carboxylic acids is 1. The Bertz CT molecular complexity index is 555. The largest absolute Gasteiger partial charge is 0.477 e. The number of carboxylic acids is 1. The Kier molecular flexibility index (Phi) is 8.40. The predicted octanol–water partition coefficient (Wildman–Crippen LogP) is 2.69. The van der Waals surface area contributed by atoms with E-state index in [1.54, 1.807) is 6.92 Å². The molecule has 0 saturated heterocycles. The molecule has 6 heteroatoms. The van der Waals surface area contributed by atoms with Crippen LogP contribution < -0.4 is 5.43 Å². The Morgan fingerprint density at radius 2 is 1.87 bits per heavy atom. The number of unbranched alkanes of at least 4 members (excludes halogenated alkanes) is 1. The second kappa shape index (κ2) is 10.0. The molecule has 0 spiro atoms. The average Bonchev–Trinajstić information content (AvgIpc) is 2.56. The molecule has 0 radical (unpaired) electrons. The number of nitrogens with one attached hydrogen (secondary N) is 1. The molecule has 0 bridgehead atoms. The van der Waals surface area contributed by atoms with E-state index < -0.39 is 5.97 Å². The number of hydrazone groups is 1. The first-order chi connectivity index (χ1) is 11.0. The minimum absolute atomic E-state index is 0.0916. The lowest BCUT2D eigenvalue weighted by atomic mass is 10.0. The number of carbonyl (C=O) groups is 2. The summed E-state index contributed by atoms with van der Waals surface area (Å²) in [5.74, 6) is -1.43. The zero-order valence-corrected chi connectivity index (χ0v) is 14.5. The molecule has 1 aromatic carbocycles. The number of thiol groups is 1. The van der Waals surface area contributed by atoms with Crippen LogP contribution in [0.3, 0.4) is 0 Å². The minimum Gasteiger partial charge on any atom is -0.477 e. The molecule has 0 heterocycles. The van der Waals surface area contributed by atoms with Gasteiger partial charge in [-0.3, -0.25) is 4.79 Å². The molecule has 23 heavy (non-hydrogen) atoms. The number of hydrogen-bond acceptors (Lipinski definition) is 4. The molecule has 0 saturated carbocycles. The Morgan fingerprint density at radius 1 is 1.26 bits per heavy atom. The van der Waals surface area contributed by atoms with Crippen molar-refractivity contribution < 1.29 is 14.7 Å². The van der Waals surface area contributed by atoms with Gasteiger partial charge in [-0.25, -0.2) is 10.2 Å². The summed E-state index contributed by atoms with van der Waals surface area (Å²) in [5, 5.41) is 13.0. The van der Waals surface area contributed by atoms with Crippen LogP contribution in [0.5, 0.6) is 0 Å². The van der Waals surface area contributed by atoms with E-state index in [9.17, 15) is 14.7 Å². The van der Waals surface area contributed by atoms with Crippen molar-refractivity contribution in [2.45, 2.75) is 39.5 Å². The maximum absolute atomic E-state index is 11.6. The van der Waals surface area contributed by atoms with Crippen LogP contribution in [0.25, 0.3) is 0 Å². The van der Waals surface area contributed by atoms with Gasteiger partial charge in [0.2, 0.25) is 5.91 Å². The molecule has 0 fully saturated rings. The molecule has 0 aliphatic carbocycles. The molecule has 0 aliphatic rings. The van der Waals surface area contributed by atoms with Crippen LogP contribution in [0.2, 0.25) is 0 Å². The number of amides is 1. The number of carboxylic acid groups (broad SMARTS) is 1. The Balaban J connectivity index is 2.72.